The highest BCUT2D eigenvalue weighted by molar-refractivity contribution is 5.75. The van der Waals surface area contributed by atoms with E-state index in [-0.39, 0.29) is 12.5 Å². The maximum atomic E-state index is 11.9. The fraction of sp³-hybridized carbons (Fsp3) is 0.588. The van der Waals surface area contributed by atoms with Gasteiger partial charge in [-0.15, -0.1) is 0 Å². The first-order valence-corrected chi connectivity index (χ1v) is 7.59. The average molecular weight is 293 g/mol. The molecule has 0 aliphatic rings. The van der Waals surface area contributed by atoms with Crippen molar-refractivity contribution in [1.29, 1.82) is 0 Å². The molecule has 0 aromatic heterocycles. The van der Waals surface area contributed by atoms with Gasteiger partial charge in [0.05, 0.1) is 13.0 Å². The Bertz CT molecular complexity index is 446. The molecule has 1 amide bonds. The van der Waals surface area contributed by atoms with Gasteiger partial charge in [0.25, 0.3) is 0 Å². The number of benzene rings is 1. The fourth-order valence-electron chi connectivity index (χ4n) is 2.16. The summed E-state index contributed by atoms with van der Waals surface area (Å²) in [6.45, 7) is 5.43. The minimum atomic E-state index is 0.101. The number of aliphatic hydroxyl groups is 1. The van der Waals surface area contributed by atoms with E-state index < -0.39 is 0 Å². The molecule has 0 radical (unpaired) electrons. The number of unbranched alkanes of at least 4 members (excludes halogenated alkanes) is 2. The summed E-state index contributed by atoms with van der Waals surface area (Å²) in [6, 6.07) is 6.04. The summed E-state index contributed by atoms with van der Waals surface area (Å²) in [5.74, 6) is 0.947. The second-order valence-electron chi connectivity index (χ2n) is 5.47. The summed E-state index contributed by atoms with van der Waals surface area (Å²) in [5.41, 5.74) is 2.30. The Morgan fingerprint density at radius 3 is 2.67 bits per heavy atom. The number of nitrogens with zero attached hydrogens (tertiary/aromatic N) is 1. The fourth-order valence-corrected chi connectivity index (χ4v) is 2.16. The minimum Gasteiger partial charge on any atom is -0.493 e. The van der Waals surface area contributed by atoms with Crippen LogP contribution >= 0.6 is 0 Å². The third-order valence-corrected chi connectivity index (χ3v) is 3.48. The number of hydrogen-bond donors (Lipinski definition) is 1. The van der Waals surface area contributed by atoms with Crippen molar-refractivity contribution in [1.82, 2.24) is 4.90 Å². The van der Waals surface area contributed by atoms with Crippen molar-refractivity contribution in [3.63, 3.8) is 0 Å². The molecule has 0 saturated heterocycles. The Balaban J connectivity index is 2.26. The molecule has 118 valence electrons. The van der Waals surface area contributed by atoms with E-state index in [1.165, 1.54) is 5.56 Å². The van der Waals surface area contributed by atoms with E-state index in [2.05, 4.69) is 6.07 Å². The van der Waals surface area contributed by atoms with Gasteiger partial charge in [-0.1, -0.05) is 17.7 Å². The van der Waals surface area contributed by atoms with Crippen molar-refractivity contribution in [3.8, 4) is 5.75 Å². The molecule has 4 nitrogen and oxygen atoms in total. The second kappa shape index (κ2) is 9.40. The molecule has 0 bridgehead atoms. The van der Waals surface area contributed by atoms with E-state index in [4.69, 9.17) is 9.84 Å². The lowest BCUT2D eigenvalue weighted by Gasteiger charge is -2.17. The van der Waals surface area contributed by atoms with Crippen LogP contribution in [0.1, 0.15) is 36.8 Å². The van der Waals surface area contributed by atoms with Crippen LogP contribution in [0, 0.1) is 13.8 Å². The van der Waals surface area contributed by atoms with Crippen LogP contribution in [0.5, 0.6) is 5.75 Å². The van der Waals surface area contributed by atoms with Crippen molar-refractivity contribution in [2.75, 3.05) is 26.8 Å². The van der Waals surface area contributed by atoms with Gasteiger partial charge in [0.2, 0.25) is 5.91 Å². The van der Waals surface area contributed by atoms with E-state index in [1.54, 1.807) is 4.90 Å². The Labute approximate surface area is 127 Å². The van der Waals surface area contributed by atoms with E-state index in [0.717, 1.165) is 37.1 Å². The summed E-state index contributed by atoms with van der Waals surface area (Å²) in [5, 5.41) is 8.71. The molecular formula is C17H27NO3. The normalized spacial score (nSPS) is 10.5. The molecule has 0 aliphatic heterocycles. The van der Waals surface area contributed by atoms with Crippen molar-refractivity contribution < 1.29 is 14.6 Å². The summed E-state index contributed by atoms with van der Waals surface area (Å²) in [7, 11) is 1.82. The zero-order valence-electron chi connectivity index (χ0n) is 13.4. The lowest BCUT2D eigenvalue weighted by atomic mass is 10.1. The van der Waals surface area contributed by atoms with Gasteiger partial charge in [-0.3, -0.25) is 4.79 Å². The Kier molecular flexibility index (Phi) is 7.83. The molecule has 0 aliphatic carbocycles. The van der Waals surface area contributed by atoms with Crippen LogP contribution in [0.15, 0.2) is 18.2 Å². The van der Waals surface area contributed by atoms with Crippen LogP contribution in [0.2, 0.25) is 0 Å². The number of carbonyl (C=O) groups excluding carboxylic acids is 1. The molecule has 0 heterocycles. The van der Waals surface area contributed by atoms with Gasteiger partial charge >= 0.3 is 0 Å². The van der Waals surface area contributed by atoms with Crippen molar-refractivity contribution in [2.24, 2.45) is 0 Å². The molecular weight excluding hydrogens is 266 g/mol. The van der Waals surface area contributed by atoms with Gasteiger partial charge in [0.15, 0.2) is 0 Å². The predicted molar refractivity (Wildman–Crippen MR) is 84.6 cm³/mol. The van der Waals surface area contributed by atoms with E-state index in [1.807, 2.05) is 33.0 Å². The van der Waals surface area contributed by atoms with Crippen molar-refractivity contribution >= 4 is 5.91 Å². The van der Waals surface area contributed by atoms with Crippen molar-refractivity contribution in [3.05, 3.63) is 29.3 Å². The summed E-state index contributed by atoms with van der Waals surface area (Å²) < 4.78 is 5.68. The van der Waals surface area contributed by atoms with Crippen LogP contribution < -0.4 is 4.74 Å². The lowest BCUT2D eigenvalue weighted by molar-refractivity contribution is -0.130. The molecule has 0 unspecified atom stereocenters. The van der Waals surface area contributed by atoms with Gasteiger partial charge in [-0.25, -0.2) is 0 Å². The molecule has 0 saturated carbocycles. The Hall–Kier alpha value is -1.55. The molecule has 1 aromatic carbocycles. The van der Waals surface area contributed by atoms with Gasteiger partial charge < -0.3 is 14.7 Å². The minimum absolute atomic E-state index is 0.101. The van der Waals surface area contributed by atoms with Crippen molar-refractivity contribution in [2.45, 2.75) is 39.5 Å². The molecule has 4 heteroatoms. The van der Waals surface area contributed by atoms with E-state index >= 15 is 0 Å². The Morgan fingerprint density at radius 1 is 1.24 bits per heavy atom. The molecule has 21 heavy (non-hydrogen) atoms. The second-order valence-corrected chi connectivity index (χ2v) is 5.47. The molecule has 0 spiro atoms. The van der Waals surface area contributed by atoms with Gasteiger partial charge in [0.1, 0.15) is 5.75 Å². The quantitative estimate of drug-likeness (QED) is 0.712. The molecule has 1 rings (SSSR count). The first-order chi connectivity index (χ1) is 10.0. The third kappa shape index (κ3) is 6.63. The standard InChI is InChI=1S/C17H27NO3/c1-14-7-8-16(15(2)13-14)21-12-9-17(20)18(3)10-5-4-6-11-19/h7-8,13,19H,4-6,9-12H2,1-3H3. The smallest absolute Gasteiger partial charge is 0.225 e. The topological polar surface area (TPSA) is 49.8 Å². The number of aryl methyl sites for hydroxylation is 2. The SMILES string of the molecule is Cc1ccc(OCCC(=O)N(C)CCCCCO)c(C)c1. The molecule has 0 fully saturated rings. The highest BCUT2D eigenvalue weighted by Gasteiger charge is 2.09. The van der Waals surface area contributed by atoms with Gasteiger partial charge in [-0.05, 0) is 44.7 Å². The number of carbonyl (C=O) groups is 1. The largest absolute Gasteiger partial charge is 0.493 e. The monoisotopic (exact) mass is 293 g/mol. The van der Waals surface area contributed by atoms with Gasteiger partial charge in [0, 0.05) is 20.2 Å². The van der Waals surface area contributed by atoms with Crippen LogP contribution in [-0.4, -0.2) is 42.7 Å². The molecule has 1 N–H and O–H groups in total. The van der Waals surface area contributed by atoms with E-state index in [0.29, 0.717) is 13.0 Å². The van der Waals surface area contributed by atoms with E-state index in [9.17, 15) is 4.79 Å². The molecule has 1 aromatic rings. The third-order valence-electron chi connectivity index (χ3n) is 3.48. The lowest BCUT2D eigenvalue weighted by Crippen LogP contribution is -2.29. The highest BCUT2D eigenvalue weighted by Crippen LogP contribution is 2.18. The molecule has 0 atom stereocenters. The Morgan fingerprint density at radius 2 is 2.00 bits per heavy atom. The number of ether oxygens (including phenoxy) is 1. The number of rotatable bonds is 9. The van der Waals surface area contributed by atoms with Crippen LogP contribution in [0.3, 0.4) is 0 Å². The highest BCUT2D eigenvalue weighted by atomic mass is 16.5. The van der Waals surface area contributed by atoms with Crippen LogP contribution in [0.4, 0.5) is 0 Å². The van der Waals surface area contributed by atoms with Gasteiger partial charge in [-0.2, -0.15) is 0 Å². The predicted octanol–water partition coefficient (Wildman–Crippen LogP) is 2.69. The first-order valence-electron chi connectivity index (χ1n) is 7.59. The zero-order chi connectivity index (χ0) is 15.7. The zero-order valence-corrected chi connectivity index (χ0v) is 13.4. The number of aliphatic hydroxyl groups excluding tert-OH is 1. The maximum absolute atomic E-state index is 11.9. The first kappa shape index (κ1) is 17.5. The summed E-state index contributed by atoms with van der Waals surface area (Å²) in [4.78, 5) is 13.7. The number of hydrogen-bond acceptors (Lipinski definition) is 3. The maximum Gasteiger partial charge on any atom is 0.225 e. The average Bonchev–Trinajstić information content (AvgIpc) is 2.45. The van der Waals surface area contributed by atoms with Crippen LogP contribution in [0.25, 0.3) is 0 Å². The summed E-state index contributed by atoms with van der Waals surface area (Å²) in [6.07, 6.45) is 3.08. The van der Waals surface area contributed by atoms with Crippen LogP contribution in [-0.2, 0) is 4.79 Å². The number of amides is 1. The summed E-state index contributed by atoms with van der Waals surface area (Å²) >= 11 is 0.